The third-order valence-electron chi connectivity index (χ3n) is 2.85. The van der Waals surface area contributed by atoms with E-state index in [1.54, 1.807) is 12.1 Å². The van der Waals surface area contributed by atoms with Gasteiger partial charge in [0.05, 0.1) is 11.4 Å². The Morgan fingerprint density at radius 3 is 2.13 bits per heavy atom. The Kier molecular flexibility index (Phi) is 6.28. The normalized spacial score (nSPS) is 11.8. The first-order valence-electron chi connectivity index (χ1n) is 7.17. The Balaban J connectivity index is 2.40. The lowest BCUT2D eigenvalue weighted by atomic mass is 10.1. The maximum absolute atomic E-state index is 11.7. The molecule has 0 radical (unpaired) electrons. The van der Waals surface area contributed by atoms with Crippen molar-refractivity contribution in [2.75, 3.05) is 6.54 Å². The van der Waals surface area contributed by atoms with Gasteiger partial charge in [0.15, 0.2) is 0 Å². The summed E-state index contributed by atoms with van der Waals surface area (Å²) in [5, 5.41) is 10.3. The first-order valence-corrected chi connectivity index (χ1v) is 8.71. The summed E-state index contributed by atoms with van der Waals surface area (Å²) in [6.45, 7) is 5.51. The fourth-order valence-corrected chi connectivity index (χ4v) is 2.35. The van der Waals surface area contributed by atoms with Gasteiger partial charge in [-0.3, -0.25) is 9.59 Å². The van der Waals surface area contributed by atoms with E-state index < -0.39 is 10.0 Å². The molecule has 2 amide bonds. The summed E-state index contributed by atoms with van der Waals surface area (Å²) in [4.78, 5) is 23.3. The second-order valence-electron chi connectivity index (χ2n) is 6.26. The Bertz CT molecular complexity index is 661. The summed E-state index contributed by atoms with van der Waals surface area (Å²) in [6.07, 6.45) is 0.648. The molecule has 1 aromatic rings. The van der Waals surface area contributed by atoms with Crippen LogP contribution in [-0.2, 0) is 26.0 Å². The van der Waals surface area contributed by atoms with Gasteiger partial charge in [0, 0.05) is 12.0 Å². The number of amides is 2. The molecule has 0 heterocycles. The van der Waals surface area contributed by atoms with Crippen molar-refractivity contribution < 1.29 is 18.0 Å². The highest BCUT2D eigenvalue weighted by atomic mass is 32.2. The van der Waals surface area contributed by atoms with Crippen LogP contribution in [0.3, 0.4) is 0 Å². The van der Waals surface area contributed by atoms with Crippen LogP contribution in [0, 0.1) is 0 Å². The van der Waals surface area contributed by atoms with Gasteiger partial charge in [0.2, 0.25) is 21.8 Å². The van der Waals surface area contributed by atoms with Crippen molar-refractivity contribution >= 4 is 21.8 Å². The third-order valence-corrected chi connectivity index (χ3v) is 3.78. The van der Waals surface area contributed by atoms with E-state index in [-0.39, 0.29) is 35.2 Å². The molecular formula is C15H23N3O4S. The zero-order valence-electron chi connectivity index (χ0n) is 13.5. The maximum atomic E-state index is 11.7. The zero-order chi connectivity index (χ0) is 17.7. The average molecular weight is 341 g/mol. The van der Waals surface area contributed by atoms with Crippen molar-refractivity contribution in [1.29, 1.82) is 0 Å². The molecule has 0 saturated carbocycles. The number of carbonyl (C=O) groups excluding carboxylic acids is 2. The molecule has 0 aliphatic heterocycles. The molecule has 0 fully saturated rings. The predicted octanol–water partition coefficient (Wildman–Crippen LogP) is 0.298. The summed E-state index contributed by atoms with van der Waals surface area (Å²) in [7, 11) is -3.71. The molecule has 0 atom stereocenters. The molecule has 0 aliphatic carbocycles. The van der Waals surface area contributed by atoms with Crippen molar-refractivity contribution in [3.63, 3.8) is 0 Å². The number of nitrogens with two attached hydrogens (primary N) is 1. The van der Waals surface area contributed by atoms with Gasteiger partial charge < -0.3 is 10.6 Å². The van der Waals surface area contributed by atoms with E-state index in [0.29, 0.717) is 6.42 Å². The Morgan fingerprint density at radius 2 is 1.65 bits per heavy atom. The van der Waals surface area contributed by atoms with Gasteiger partial charge in [0.25, 0.3) is 0 Å². The molecule has 7 nitrogen and oxygen atoms in total. The van der Waals surface area contributed by atoms with E-state index in [4.69, 9.17) is 5.14 Å². The summed E-state index contributed by atoms with van der Waals surface area (Å²) >= 11 is 0. The Morgan fingerprint density at radius 1 is 1.09 bits per heavy atom. The van der Waals surface area contributed by atoms with Crippen LogP contribution in [0.5, 0.6) is 0 Å². The third kappa shape index (κ3) is 7.75. The van der Waals surface area contributed by atoms with Crippen LogP contribution in [0.1, 0.15) is 32.8 Å². The number of carbonyl (C=O) groups is 2. The Hall–Kier alpha value is -1.93. The van der Waals surface area contributed by atoms with Gasteiger partial charge in [-0.1, -0.05) is 12.1 Å². The van der Waals surface area contributed by atoms with Crippen molar-refractivity contribution in [1.82, 2.24) is 10.6 Å². The molecule has 0 unspecified atom stereocenters. The summed E-state index contributed by atoms with van der Waals surface area (Å²) in [5.74, 6) is -0.493. The smallest absolute Gasteiger partial charge is 0.239 e. The molecule has 128 valence electrons. The monoisotopic (exact) mass is 341 g/mol. The van der Waals surface area contributed by atoms with Gasteiger partial charge in [-0.2, -0.15) is 0 Å². The largest absolute Gasteiger partial charge is 0.350 e. The SMILES string of the molecule is CC(C)(C)NC(=O)CNC(=O)CCc1ccc(S(N)(=O)=O)cc1. The minimum Gasteiger partial charge on any atom is -0.350 e. The number of benzene rings is 1. The van der Waals surface area contributed by atoms with E-state index in [2.05, 4.69) is 10.6 Å². The molecule has 0 saturated heterocycles. The van der Waals surface area contributed by atoms with Gasteiger partial charge >= 0.3 is 0 Å². The van der Waals surface area contributed by atoms with Crippen LogP contribution in [0.15, 0.2) is 29.2 Å². The minimum atomic E-state index is -3.71. The lowest BCUT2D eigenvalue weighted by Crippen LogP contribution is -2.45. The van der Waals surface area contributed by atoms with Gasteiger partial charge in [-0.15, -0.1) is 0 Å². The molecule has 0 bridgehead atoms. The quantitative estimate of drug-likeness (QED) is 0.689. The zero-order valence-corrected chi connectivity index (χ0v) is 14.4. The van der Waals surface area contributed by atoms with Crippen LogP contribution in [0.25, 0.3) is 0 Å². The van der Waals surface area contributed by atoms with Crippen molar-refractivity contribution in [2.24, 2.45) is 5.14 Å². The summed E-state index contributed by atoms with van der Waals surface area (Å²) < 4.78 is 22.3. The summed E-state index contributed by atoms with van der Waals surface area (Å²) in [5.41, 5.74) is 0.471. The molecule has 23 heavy (non-hydrogen) atoms. The second-order valence-corrected chi connectivity index (χ2v) is 7.83. The van der Waals surface area contributed by atoms with E-state index in [0.717, 1.165) is 5.56 Å². The molecule has 8 heteroatoms. The van der Waals surface area contributed by atoms with Gasteiger partial charge in [0.1, 0.15) is 0 Å². The van der Waals surface area contributed by atoms with Crippen molar-refractivity contribution in [3.05, 3.63) is 29.8 Å². The highest BCUT2D eigenvalue weighted by molar-refractivity contribution is 7.89. The number of hydrogen-bond donors (Lipinski definition) is 3. The van der Waals surface area contributed by atoms with Crippen LogP contribution in [-0.4, -0.2) is 32.3 Å². The topological polar surface area (TPSA) is 118 Å². The van der Waals surface area contributed by atoms with E-state index in [1.165, 1.54) is 12.1 Å². The lowest BCUT2D eigenvalue weighted by Gasteiger charge is -2.20. The number of rotatable bonds is 6. The van der Waals surface area contributed by atoms with Crippen LogP contribution < -0.4 is 15.8 Å². The summed E-state index contributed by atoms with van der Waals surface area (Å²) in [6, 6.07) is 6.03. The maximum Gasteiger partial charge on any atom is 0.239 e. The molecule has 1 aromatic carbocycles. The number of hydrogen-bond acceptors (Lipinski definition) is 4. The number of nitrogens with one attached hydrogen (secondary N) is 2. The average Bonchev–Trinajstić information content (AvgIpc) is 2.40. The first-order chi connectivity index (χ1) is 10.5. The second kappa shape index (κ2) is 7.56. The lowest BCUT2D eigenvalue weighted by molar-refractivity contribution is -0.126. The Labute approximate surface area is 136 Å². The van der Waals surface area contributed by atoms with Crippen molar-refractivity contribution in [3.8, 4) is 0 Å². The number of sulfonamides is 1. The van der Waals surface area contributed by atoms with E-state index in [1.807, 2.05) is 20.8 Å². The van der Waals surface area contributed by atoms with Gasteiger partial charge in [-0.05, 0) is 44.9 Å². The minimum absolute atomic E-state index is 0.0320. The fraction of sp³-hybridized carbons (Fsp3) is 0.467. The van der Waals surface area contributed by atoms with E-state index >= 15 is 0 Å². The van der Waals surface area contributed by atoms with Crippen LogP contribution >= 0.6 is 0 Å². The first kappa shape index (κ1) is 19.1. The molecule has 0 aromatic heterocycles. The predicted molar refractivity (Wildman–Crippen MR) is 87.0 cm³/mol. The molecule has 1 rings (SSSR count). The fourth-order valence-electron chi connectivity index (χ4n) is 1.83. The molecular weight excluding hydrogens is 318 g/mol. The van der Waals surface area contributed by atoms with Crippen molar-refractivity contribution in [2.45, 2.75) is 44.0 Å². The number of aryl methyl sites for hydroxylation is 1. The van der Waals surface area contributed by atoms with Crippen LogP contribution in [0.4, 0.5) is 0 Å². The molecule has 4 N–H and O–H groups in total. The van der Waals surface area contributed by atoms with Crippen LogP contribution in [0.2, 0.25) is 0 Å². The molecule has 0 aliphatic rings. The molecule has 0 spiro atoms. The van der Waals surface area contributed by atoms with Gasteiger partial charge in [-0.25, -0.2) is 13.6 Å². The standard InChI is InChI=1S/C15H23N3O4S/c1-15(2,3)18-14(20)10-17-13(19)9-6-11-4-7-12(8-5-11)23(16,21)22/h4-5,7-8H,6,9-10H2,1-3H3,(H,17,19)(H,18,20)(H2,16,21,22). The highest BCUT2D eigenvalue weighted by Gasteiger charge is 2.14. The van der Waals surface area contributed by atoms with E-state index in [9.17, 15) is 18.0 Å². The highest BCUT2D eigenvalue weighted by Crippen LogP contribution is 2.10. The number of primary sulfonamides is 1.